The highest BCUT2D eigenvalue weighted by Gasteiger charge is 2.30. The molecule has 2 aliphatic rings. The Kier molecular flexibility index (Phi) is 5.23. The van der Waals surface area contributed by atoms with Crippen molar-refractivity contribution in [2.75, 3.05) is 20.2 Å². The van der Waals surface area contributed by atoms with Gasteiger partial charge in [-0.1, -0.05) is 18.2 Å². The Labute approximate surface area is 164 Å². The maximum Gasteiger partial charge on any atom is 0.257 e. The van der Waals surface area contributed by atoms with E-state index < -0.39 is 0 Å². The molecule has 2 amide bonds. The second kappa shape index (κ2) is 7.96. The molecule has 1 aromatic heterocycles. The van der Waals surface area contributed by atoms with E-state index in [4.69, 9.17) is 4.74 Å². The molecule has 7 nitrogen and oxygen atoms in total. The number of methoxy groups -OCH3 is 1. The van der Waals surface area contributed by atoms with E-state index in [0.717, 1.165) is 48.5 Å². The van der Waals surface area contributed by atoms with Gasteiger partial charge in [0, 0.05) is 30.8 Å². The van der Waals surface area contributed by atoms with Crippen molar-refractivity contribution in [2.24, 2.45) is 0 Å². The number of nitrogens with one attached hydrogen (secondary N) is 1. The average molecular weight is 380 g/mol. The molecule has 1 fully saturated rings. The Morgan fingerprint density at radius 1 is 1.32 bits per heavy atom. The Morgan fingerprint density at radius 3 is 2.93 bits per heavy atom. The van der Waals surface area contributed by atoms with E-state index in [2.05, 4.69) is 15.3 Å². The van der Waals surface area contributed by atoms with Crippen molar-refractivity contribution >= 4 is 11.8 Å². The van der Waals surface area contributed by atoms with Crippen molar-refractivity contribution in [1.29, 1.82) is 0 Å². The summed E-state index contributed by atoms with van der Waals surface area (Å²) in [5.41, 5.74) is 2.24. The lowest BCUT2D eigenvalue weighted by atomic mass is 10.1. The Hall–Kier alpha value is -2.96. The third-order valence-corrected chi connectivity index (χ3v) is 5.19. The number of aryl methyl sites for hydroxylation is 1. The number of ether oxygens (including phenoxy) is 1. The van der Waals surface area contributed by atoms with Gasteiger partial charge in [-0.25, -0.2) is 9.97 Å². The minimum Gasteiger partial charge on any atom is -0.496 e. The van der Waals surface area contributed by atoms with E-state index in [1.807, 2.05) is 24.3 Å². The highest BCUT2D eigenvalue weighted by Crippen LogP contribution is 2.38. The minimum absolute atomic E-state index is 0.0256. The molecule has 0 spiro atoms. The molecule has 0 unspecified atom stereocenters. The number of aromatic nitrogens is 2. The predicted octanol–water partition coefficient (Wildman–Crippen LogP) is 2.07. The van der Waals surface area contributed by atoms with E-state index in [1.54, 1.807) is 18.2 Å². The van der Waals surface area contributed by atoms with Gasteiger partial charge in [-0.05, 0) is 31.7 Å². The Morgan fingerprint density at radius 2 is 2.14 bits per heavy atom. The Balaban J connectivity index is 1.40. The highest BCUT2D eigenvalue weighted by molar-refractivity contribution is 5.97. The summed E-state index contributed by atoms with van der Waals surface area (Å²) < 4.78 is 5.30. The molecule has 0 radical (unpaired) electrons. The summed E-state index contributed by atoms with van der Waals surface area (Å²) in [6, 6.07) is 7.54. The molecule has 1 aromatic carbocycles. The summed E-state index contributed by atoms with van der Waals surface area (Å²) in [6.45, 7) is 0.920. The van der Waals surface area contributed by atoms with Crippen molar-refractivity contribution in [3.63, 3.8) is 0 Å². The number of benzene rings is 1. The number of carbonyl (C=O) groups excluding carboxylic acids is 2. The second-order valence-corrected chi connectivity index (χ2v) is 7.28. The maximum absolute atomic E-state index is 12.9. The number of hydrogen-bond donors (Lipinski definition) is 1. The molecule has 0 atom stereocenters. The van der Waals surface area contributed by atoms with E-state index >= 15 is 0 Å². The van der Waals surface area contributed by atoms with Crippen LogP contribution in [-0.4, -0.2) is 46.9 Å². The number of carbonyl (C=O) groups is 2. The van der Waals surface area contributed by atoms with Gasteiger partial charge in [0.25, 0.3) is 5.91 Å². The van der Waals surface area contributed by atoms with Gasteiger partial charge in [-0.2, -0.15) is 0 Å². The molecular weight excluding hydrogens is 356 g/mol. The first-order valence-corrected chi connectivity index (χ1v) is 9.69. The lowest BCUT2D eigenvalue weighted by molar-refractivity contribution is -0.122. The van der Waals surface area contributed by atoms with E-state index in [9.17, 15) is 9.59 Å². The van der Waals surface area contributed by atoms with Gasteiger partial charge < -0.3 is 15.0 Å². The number of amides is 2. The standard InChI is InChI=1S/C21H24N4O3/c1-28-18-7-3-2-5-15(18)11-22-19(26)13-25-10-4-6-17-16(21(25)27)12-23-20(24-17)14-8-9-14/h2-3,5,7,12,14H,4,6,8-11,13H2,1H3,(H,22,26). The molecule has 7 heteroatoms. The second-order valence-electron chi connectivity index (χ2n) is 7.28. The molecule has 1 saturated carbocycles. The van der Waals surface area contributed by atoms with E-state index in [1.165, 1.54) is 0 Å². The molecule has 1 N–H and O–H groups in total. The molecule has 2 aromatic rings. The fourth-order valence-electron chi connectivity index (χ4n) is 3.47. The first-order chi connectivity index (χ1) is 13.7. The fraction of sp³-hybridized carbons (Fsp3) is 0.429. The quantitative estimate of drug-likeness (QED) is 0.829. The summed E-state index contributed by atoms with van der Waals surface area (Å²) in [5, 5.41) is 2.87. The van der Waals surface area contributed by atoms with Crippen LogP contribution in [-0.2, 0) is 17.8 Å². The van der Waals surface area contributed by atoms with Crippen molar-refractivity contribution in [1.82, 2.24) is 20.2 Å². The number of para-hydroxylation sites is 1. The van der Waals surface area contributed by atoms with Crippen LogP contribution in [0.25, 0.3) is 0 Å². The molecule has 2 heterocycles. The molecular formula is C21H24N4O3. The average Bonchev–Trinajstić information content (AvgIpc) is 3.56. The van der Waals surface area contributed by atoms with Gasteiger partial charge in [0.05, 0.1) is 24.9 Å². The predicted molar refractivity (Wildman–Crippen MR) is 103 cm³/mol. The molecule has 0 bridgehead atoms. The minimum atomic E-state index is -0.196. The first-order valence-electron chi connectivity index (χ1n) is 9.69. The topological polar surface area (TPSA) is 84.4 Å². The lowest BCUT2D eigenvalue weighted by Gasteiger charge is -2.20. The molecule has 28 heavy (non-hydrogen) atoms. The zero-order valence-corrected chi connectivity index (χ0v) is 16.0. The largest absolute Gasteiger partial charge is 0.496 e. The molecule has 146 valence electrons. The number of hydrogen-bond acceptors (Lipinski definition) is 5. The fourth-order valence-corrected chi connectivity index (χ4v) is 3.47. The number of fused-ring (bicyclic) bond motifs is 1. The molecule has 1 aliphatic carbocycles. The van der Waals surface area contributed by atoms with Crippen LogP contribution in [0.4, 0.5) is 0 Å². The summed E-state index contributed by atoms with van der Waals surface area (Å²) in [4.78, 5) is 35.9. The van der Waals surface area contributed by atoms with Crippen LogP contribution in [0.2, 0.25) is 0 Å². The van der Waals surface area contributed by atoms with Crippen molar-refractivity contribution < 1.29 is 14.3 Å². The normalized spacial score (nSPS) is 16.3. The smallest absolute Gasteiger partial charge is 0.257 e. The third kappa shape index (κ3) is 3.98. The zero-order chi connectivity index (χ0) is 19.5. The van der Waals surface area contributed by atoms with Crippen LogP contribution in [0, 0.1) is 0 Å². The van der Waals surface area contributed by atoms with Crippen molar-refractivity contribution in [3.8, 4) is 5.75 Å². The third-order valence-electron chi connectivity index (χ3n) is 5.19. The number of nitrogens with zero attached hydrogens (tertiary/aromatic N) is 3. The molecule has 4 rings (SSSR count). The van der Waals surface area contributed by atoms with Gasteiger partial charge in [-0.15, -0.1) is 0 Å². The first kappa shape index (κ1) is 18.4. The van der Waals surface area contributed by atoms with E-state index in [-0.39, 0.29) is 18.4 Å². The van der Waals surface area contributed by atoms with Gasteiger partial charge in [0.2, 0.25) is 5.91 Å². The van der Waals surface area contributed by atoms with Crippen LogP contribution in [0.3, 0.4) is 0 Å². The van der Waals surface area contributed by atoms with E-state index in [0.29, 0.717) is 24.6 Å². The van der Waals surface area contributed by atoms with Crippen LogP contribution < -0.4 is 10.1 Å². The zero-order valence-electron chi connectivity index (χ0n) is 16.0. The van der Waals surface area contributed by atoms with Gasteiger partial charge in [0.15, 0.2) is 0 Å². The lowest BCUT2D eigenvalue weighted by Crippen LogP contribution is -2.40. The monoisotopic (exact) mass is 380 g/mol. The Bertz CT molecular complexity index is 895. The van der Waals surface area contributed by atoms with Crippen LogP contribution in [0.1, 0.15) is 52.6 Å². The summed E-state index contributed by atoms with van der Waals surface area (Å²) in [5.74, 6) is 1.68. The van der Waals surface area contributed by atoms with Crippen molar-refractivity contribution in [2.45, 2.75) is 38.1 Å². The maximum atomic E-state index is 12.9. The molecule has 0 saturated heterocycles. The van der Waals surface area contributed by atoms with Gasteiger partial charge in [-0.3, -0.25) is 9.59 Å². The summed E-state index contributed by atoms with van der Waals surface area (Å²) in [6.07, 6.45) is 5.43. The van der Waals surface area contributed by atoms with Gasteiger partial charge in [0.1, 0.15) is 11.6 Å². The molecule has 1 aliphatic heterocycles. The SMILES string of the molecule is COc1ccccc1CNC(=O)CN1CCCc2nc(C3CC3)ncc2C1=O. The van der Waals surface area contributed by atoms with Crippen LogP contribution in [0.5, 0.6) is 5.75 Å². The van der Waals surface area contributed by atoms with Crippen LogP contribution in [0.15, 0.2) is 30.5 Å². The van der Waals surface area contributed by atoms with Gasteiger partial charge >= 0.3 is 0 Å². The van der Waals surface area contributed by atoms with Crippen molar-refractivity contribution in [3.05, 3.63) is 53.1 Å². The summed E-state index contributed by atoms with van der Waals surface area (Å²) in [7, 11) is 1.60. The highest BCUT2D eigenvalue weighted by atomic mass is 16.5. The van der Waals surface area contributed by atoms with Crippen LogP contribution >= 0.6 is 0 Å². The number of rotatable bonds is 6. The summed E-state index contributed by atoms with van der Waals surface area (Å²) >= 11 is 0.